The van der Waals surface area contributed by atoms with Crippen molar-refractivity contribution < 1.29 is 17.9 Å². The topological polar surface area (TPSA) is 26.3 Å². The van der Waals surface area contributed by atoms with E-state index in [1.54, 1.807) is 0 Å². The third-order valence-electron chi connectivity index (χ3n) is 0.254. The predicted octanol–water partition coefficient (Wildman–Crippen LogP) is -0.349. The Hall–Kier alpha value is 1.62. The van der Waals surface area contributed by atoms with Gasteiger partial charge in [0, 0.05) is 0 Å². The van der Waals surface area contributed by atoms with Crippen LogP contribution in [0, 0.1) is 0 Å². The first kappa shape index (κ1) is 16.9. The zero-order valence-electron chi connectivity index (χ0n) is 3.03. The molecule has 0 N–H and O–H groups in total. The molecule has 0 spiro atoms. The molecule has 0 aromatic rings. The molecule has 9 heavy (non-hydrogen) atoms. The Morgan fingerprint density at radius 2 is 1.78 bits per heavy atom. The van der Waals surface area contributed by atoms with Gasteiger partial charge < -0.3 is 4.29 Å². The Balaban J connectivity index is -0.000000180. The Labute approximate surface area is 100 Å². The molecule has 0 rings (SSSR count). The average molecular weight is 178 g/mol. The van der Waals surface area contributed by atoms with Crippen molar-refractivity contribution in [2.24, 2.45) is 0 Å². The minimum atomic E-state index is -3.13. The number of carbonyl (C=O) groups excluding carboxylic acids is 1. The van der Waals surface area contributed by atoms with E-state index in [0.717, 1.165) is 0 Å². The van der Waals surface area contributed by atoms with Gasteiger partial charge in [-0.05, 0) is 0 Å². The average Bonchev–Trinajstić information content (AvgIpc) is 1.65. The summed E-state index contributed by atoms with van der Waals surface area (Å²) in [4.78, 5) is 9.41. The summed E-state index contributed by atoms with van der Waals surface area (Å²) in [5, 5.41) is 0. The standard InChI is InChI=1S/C2HClF2O2.2Na.2H/c3-7-2(6)1(4)5;;;;/h1H;;;;. The summed E-state index contributed by atoms with van der Waals surface area (Å²) in [5.41, 5.74) is 0. The zero-order valence-corrected chi connectivity index (χ0v) is 3.78. The van der Waals surface area contributed by atoms with Gasteiger partial charge in [-0.2, -0.15) is 8.78 Å². The van der Waals surface area contributed by atoms with E-state index < -0.39 is 12.4 Å². The molecule has 0 aromatic carbocycles. The van der Waals surface area contributed by atoms with Crippen LogP contribution in [0.25, 0.3) is 0 Å². The molecule has 0 aliphatic rings. The number of carbonyl (C=O) groups is 1. The summed E-state index contributed by atoms with van der Waals surface area (Å²) >= 11 is 4.22. The summed E-state index contributed by atoms with van der Waals surface area (Å²) in [6.07, 6.45) is -3.13. The Morgan fingerprint density at radius 3 is 1.78 bits per heavy atom. The van der Waals surface area contributed by atoms with E-state index in [0.29, 0.717) is 0 Å². The molecule has 0 amide bonds. The predicted molar refractivity (Wildman–Crippen MR) is 32.2 cm³/mol. The quantitative estimate of drug-likeness (QED) is 0.513. The molecular weight excluding hydrogens is 175 g/mol. The molecular formula is C2H3ClF2Na2O2. The SMILES string of the molecule is O=C(OCl)C(F)F.[NaH].[NaH]. The number of alkyl halides is 2. The number of hydrogen-bond acceptors (Lipinski definition) is 2. The molecule has 0 heterocycles. The molecule has 0 radical (unpaired) electrons. The molecule has 0 aliphatic heterocycles. The Morgan fingerprint density at radius 1 is 1.44 bits per heavy atom. The number of halogens is 3. The second-order valence-electron chi connectivity index (χ2n) is 0.697. The molecule has 0 bridgehead atoms. The van der Waals surface area contributed by atoms with Gasteiger partial charge in [0.2, 0.25) is 0 Å². The first-order valence-electron chi connectivity index (χ1n) is 1.29. The molecule has 0 aromatic heterocycles. The summed E-state index contributed by atoms with van der Waals surface area (Å²) in [7, 11) is 0. The van der Waals surface area contributed by atoms with E-state index in [4.69, 9.17) is 0 Å². The van der Waals surface area contributed by atoms with Crippen LogP contribution in [0.4, 0.5) is 8.78 Å². The summed E-state index contributed by atoms with van der Waals surface area (Å²) in [6.45, 7) is 0. The van der Waals surface area contributed by atoms with Crippen molar-refractivity contribution in [2.45, 2.75) is 6.43 Å². The summed E-state index contributed by atoms with van der Waals surface area (Å²) < 4.78 is 24.8. The van der Waals surface area contributed by atoms with Crippen LogP contribution in [-0.2, 0) is 9.08 Å². The first-order valence-corrected chi connectivity index (χ1v) is 1.60. The van der Waals surface area contributed by atoms with Crippen LogP contribution >= 0.6 is 11.9 Å². The van der Waals surface area contributed by atoms with Crippen molar-refractivity contribution in [3.05, 3.63) is 0 Å². The van der Waals surface area contributed by atoms with E-state index in [2.05, 4.69) is 16.2 Å². The molecule has 0 saturated heterocycles. The molecule has 46 valence electrons. The fraction of sp³-hybridized carbons (Fsp3) is 0.500. The van der Waals surface area contributed by atoms with E-state index in [-0.39, 0.29) is 59.1 Å². The van der Waals surface area contributed by atoms with Crippen LogP contribution in [0.1, 0.15) is 0 Å². The molecule has 0 atom stereocenters. The van der Waals surface area contributed by atoms with E-state index in [1.807, 2.05) is 0 Å². The zero-order chi connectivity index (χ0) is 5.86. The van der Waals surface area contributed by atoms with Gasteiger partial charge >= 0.3 is 71.5 Å². The Kier molecular flexibility index (Phi) is 18.1. The molecule has 0 saturated carbocycles. The van der Waals surface area contributed by atoms with Gasteiger partial charge in [0.05, 0.1) is 0 Å². The second-order valence-corrected chi connectivity index (χ2v) is 0.851. The molecule has 0 unspecified atom stereocenters. The van der Waals surface area contributed by atoms with E-state index in [9.17, 15) is 13.6 Å². The van der Waals surface area contributed by atoms with Crippen molar-refractivity contribution in [1.29, 1.82) is 0 Å². The number of rotatable bonds is 1. The molecule has 0 fully saturated rings. The monoisotopic (exact) mass is 178 g/mol. The van der Waals surface area contributed by atoms with Crippen LogP contribution in [0.5, 0.6) is 0 Å². The van der Waals surface area contributed by atoms with Crippen LogP contribution in [0.2, 0.25) is 0 Å². The normalized spacial score (nSPS) is 7.11. The Bertz CT molecular complexity index is 81.0. The molecule has 7 heteroatoms. The van der Waals surface area contributed by atoms with Gasteiger partial charge in [0.25, 0.3) is 0 Å². The van der Waals surface area contributed by atoms with Gasteiger partial charge in [-0.3, -0.25) is 0 Å². The molecule has 2 nitrogen and oxygen atoms in total. The van der Waals surface area contributed by atoms with E-state index in [1.165, 1.54) is 0 Å². The van der Waals surface area contributed by atoms with E-state index >= 15 is 0 Å². The maximum absolute atomic E-state index is 10.9. The number of hydrogen-bond donors (Lipinski definition) is 0. The van der Waals surface area contributed by atoms with Crippen molar-refractivity contribution in [1.82, 2.24) is 0 Å². The summed E-state index contributed by atoms with van der Waals surface area (Å²) in [5.74, 6) is -1.72. The van der Waals surface area contributed by atoms with Crippen LogP contribution in [0.15, 0.2) is 0 Å². The second kappa shape index (κ2) is 9.62. The van der Waals surface area contributed by atoms with Gasteiger partial charge in [-0.1, -0.05) is 0 Å². The van der Waals surface area contributed by atoms with Crippen molar-refractivity contribution in [2.75, 3.05) is 0 Å². The van der Waals surface area contributed by atoms with Gasteiger partial charge in [0.1, 0.15) is 11.9 Å². The maximum atomic E-state index is 10.9. The van der Waals surface area contributed by atoms with Crippen LogP contribution in [0.3, 0.4) is 0 Å². The third kappa shape index (κ3) is 9.62. The van der Waals surface area contributed by atoms with Crippen molar-refractivity contribution in [3.63, 3.8) is 0 Å². The summed E-state index contributed by atoms with van der Waals surface area (Å²) in [6, 6.07) is 0. The third-order valence-corrected chi connectivity index (χ3v) is 0.406. The minimum absolute atomic E-state index is 0. The van der Waals surface area contributed by atoms with Gasteiger partial charge in [-0.25, -0.2) is 4.79 Å². The fourth-order valence-electron chi connectivity index (χ4n) is 0.0337. The van der Waals surface area contributed by atoms with Crippen LogP contribution < -0.4 is 0 Å². The molecule has 0 aliphatic carbocycles. The van der Waals surface area contributed by atoms with Crippen LogP contribution in [-0.4, -0.2) is 71.5 Å². The van der Waals surface area contributed by atoms with Crippen molar-refractivity contribution in [3.8, 4) is 0 Å². The van der Waals surface area contributed by atoms with Gasteiger partial charge in [-0.15, -0.1) is 0 Å². The fourth-order valence-corrected chi connectivity index (χ4v) is 0.101. The first-order chi connectivity index (χ1) is 3.18. The van der Waals surface area contributed by atoms with Gasteiger partial charge in [0.15, 0.2) is 0 Å². The van der Waals surface area contributed by atoms with Crippen molar-refractivity contribution >= 4 is 76.9 Å².